The van der Waals surface area contributed by atoms with Gasteiger partial charge < -0.3 is 25.4 Å². The smallest absolute Gasteiger partial charge is 0.344 e. The molecule has 0 saturated carbocycles. The van der Waals surface area contributed by atoms with Crippen LogP contribution in [0.1, 0.15) is 17.0 Å². The highest BCUT2D eigenvalue weighted by Crippen LogP contribution is 2.43. The molecule has 0 spiro atoms. The minimum absolute atomic E-state index is 0.0743. The fraction of sp³-hybridized carbons (Fsp3) is 0.0952. The number of benzene rings is 2. The lowest BCUT2D eigenvalue weighted by molar-refractivity contribution is -0.119. The Morgan fingerprint density at radius 2 is 1.90 bits per heavy atom. The summed E-state index contributed by atoms with van der Waals surface area (Å²) in [7, 11) is 0. The van der Waals surface area contributed by atoms with E-state index in [1.54, 1.807) is 48.5 Å². The van der Waals surface area contributed by atoms with Gasteiger partial charge in [-0.15, -0.1) is 0 Å². The molecule has 29 heavy (non-hydrogen) atoms. The monoisotopic (exact) mass is 389 g/mol. The molecule has 1 aliphatic heterocycles. The Balaban J connectivity index is 1.87. The summed E-state index contributed by atoms with van der Waals surface area (Å²) >= 11 is 0. The molecule has 3 aromatic rings. The van der Waals surface area contributed by atoms with Gasteiger partial charge in [0.25, 0.3) is 5.91 Å². The highest BCUT2D eigenvalue weighted by Gasteiger charge is 2.35. The maximum Gasteiger partial charge on any atom is 0.344 e. The number of amides is 1. The summed E-state index contributed by atoms with van der Waals surface area (Å²) in [5.74, 6) is -0.753. The van der Waals surface area contributed by atoms with Crippen molar-refractivity contribution in [3.8, 4) is 17.6 Å². The molecule has 1 amide bonds. The maximum absolute atomic E-state index is 12.8. The first-order valence-electron chi connectivity index (χ1n) is 8.64. The molecule has 0 bridgehead atoms. The quantitative estimate of drug-likeness (QED) is 0.649. The van der Waals surface area contributed by atoms with Crippen LogP contribution in [-0.2, 0) is 4.79 Å². The van der Waals surface area contributed by atoms with E-state index < -0.39 is 17.5 Å². The number of allylic oxidation sites excluding steroid dienone is 1. The Hall–Kier alpha value is -4.25. The summed E-state index contributed by atoms with van der Waals surface area (Å²) in [5, 5.41) is 10.2. The topological polar surface area (TPSA) is 142 Å². The number of hydrogen-bond acceptors (Lipinski definition) is 7. The van der Waals surface area contributed by atoms with E-state index >= 15 is 0 Å². The molecule has 144 valence electrons. The zero-order valence-corrected chi connectivity index (χ0v) is 15.0. The molecule has 8 heteroatoms. The van der Waals surface area contributed by atoms with Crippen LogP contribution in [0, 0.1) is 11.3 Å². The van der Waals surface area contributed by atoms with Gasteiger partial charge in [0.2, 0.25) is 5.88 Å². The SMILES string of the molecule is N#CC1=C(N)Oc2c(c(=O)oc3ccccc23)C1c1ccc(OCC(N)=O)cc1. The second kappa shape index (κ2) is 7.05. The number of carbonyl (C=O) groups is 1. The van der Waals surface area contributed by atoms with Gasteiger partial charge in [0.1, 0.15) is 23.0 Å². The van der Waals surface area contributed by atoms with E-state index in [2.05, 4.69) is 0 Å². The molecule has 1 atom stereocenters. The maximum atomic E-state index is 12.8. The van der Waals surface area contributed by atoms with Gasteiger partial charge in [0.15, 0.2) is 12.4 Å². The van der Waals surface area contributed by atoms with E-state index in [1.807, 2.05) is 6.07 Å². The number of nitrogens with zero attached hydrogens (tertiary/aromatic N) is 1. The third-order valence-electron chi connectivity index (χ3n) is 4.57. The first-order chi connectivity index (χ1) is 14.0. The number of primary amides is 1. The van der Waals surface area contributed by atoms with Crippen molar-refractivity contribution in [3.05, 3.63) is 81.5 Å². The predicted octanol–water partition coefficient (Wildman–Crippen LogP) is 1.88. The second-order valence-electron chi connectivity index (χ2n) is 6.38. The molecular weight excluding hydrogens is 374 g/mol. The Labute approximate surface area is 164 Å². The Kier molecular flexibility index (Phi) is 4.41. The number of carbonyl (C=O) groups excluding carboxylic acids is 1. The molecule has 8 nitrogen and oxygen atoms in total. The summed E-state index contributed by atoms with van der Waals surface area (Å²) in [4.78, 5) is 23.6. The van der Waals surface area contributed by atoms with Gasteiger partial charge in [-0.1, -0.05) is 24.3 Å². The average Bonchev–Trinajstić information content (AvgIpc) is 2.72. The zero-order valence-electron chi connectivity index (χ0n) is 15.0. The van der Waals surface area contributed by atoms with Crippen LogP contribution in [0.15, 0.2) is 69.2 Å². The number of rotatable bonds is 4. The third kappa shape index (κ3) is 3.15. The molecule has 0 fully saturated rings. The number of nitriles is 1. The van der Waals surface area contributed by atoms with Crippen LogP contribution >= 0.6 is 0 Å². The van der Waals surface area contributed by atoms with Crippen LogP contribution in [0.4, 0.5) is 0 Å². The van der Waals surface area contributed by atoms with Crippen LogP contribution in [0.2, 0.25) is 0 Å². The number of fused-ring (bicyclic) bond motifs is 3. The van der Waals surface area contributed by atoms with Gasteiger partial charge in [0, 0.05) is 0 Å². The highest BCUT2D eigenvalue weighted by atomic mass is 16.5. The lowest BCUT2D eigenvalue weighted by atomic mass is 9.84. The van der Waals surface area contributed by atoms with Crippen LogP contribution in [0.5, 0.6) is 11.5 Å². The number of hydrogen-bond donors (Lipinski definition) is 2. The number of ether oxygens (including phenoxy) is 2. The summed E-state index contributed by atoms with van der Waals surface area (Å²) < 4.78 is 16.4. The van der Waals surface area contributed by atoms with E-state index in [0.717, 1.165) is 0 Å². The molecule has 0 radical (unpaired) electrons. The predicted molar refractivity (Wildman–Crippen MR) is 103 cm³/mol. The van der Waals surface area contributed by atoms with Crippen LogP contribution in [0.25, 0.3) is 11.0 Å². The highest BCUT2D eigenvalue weighted by molar-refractivity contribution is 5.86. The van der Waals surface area contributed by atoms with Gasteiger partial charge in [-0.2, -0.15) is 5.26 Å². The van der Waals surface area contributed by atoms with E-state index in [-0.39, 0.29) is 29.4 Å². The molecular formula is C21H15N3O5. The molecule has 2 aromatic carbocycles. The van der Waals surface area contributed by atoms with E-state index in [0.29, 0.717) is 22.3 Å². The molecule has 4 N–H and O–H groups in total. The minimum Gasteiger partial charge on any atom is -0.484 e. The van der Waals surface area contributed by atoms with Crippen molar-refractivity contribution in [3.63, 3.8) is 0 Å². The van der Waals surface area contributed by atoms with Crippen LogP contribution < -0.4 is 26.6 Å². The molecule has 2 heterocycles. The Morgan fingerprint density at radius 3 is 2.59 bits per heavy atom. The van der Waals surface area contributed by atoms with Crippen molar-refractivity contribution in [1.29, 1.82) is 5.26 Å². The van der Waals surface area contributed by atoms with Crippen molar-refractivity contribution in [2.45, 2.75) is 5.92 Å². The van der Waals surface area contributed by atoms with Crippen molar-refractivity contribution in [2.75, 3.05) is 6.61 Å². The van der Waals surface area contributed by atoms with Gasteiger partial charge in [-0.3, -0.25) is 4.79 Å². The fourth-order valence-corrected chi connectivity index (χ4v) is 3.31. The van der Waals surface area contributed by atoms with Gasteiger partial charge >= 0.3 is 5.63 Å². The molecule has 4 rings (SSSR count). The Bertz CT molecular complexity index is 1250. The fourth-order valence-electron chi connectivity index (χ4n) is 3.31. The molecule has 1 unspecified atom stereocenters. The molecule has 1 aromatic heterocycles. The van der Waals surface area contributed by atoms with E-state index in [9.17, 15) is 14.9 Å². The number of para-hydroxylation sites is 1. The Morgan fingerprint density at radius 1 is 1.17 bits per heavy atom. The van der Waals surface area contributed by atoms with Crippen LogP contribution in [-0.4, -0.2) is 12.5 Å². The zero-order chi connectivity index (χ0) is 20.5. The van der Waals surface area contributed by atoms with E-state index in [1.165, 1.54) is 0 Å². The summed E-state index contributed by atoms with van der Waals surface area (Å²) in [6.45, 7) is -0.259. The van der Waals surface area contributed by atoms with Crippen LogP contribution in [0.3, 0.4) is 0 Å². The summed E-state index contributed by atoms with van der Waals surface area (Å²) in [6.07, 6.45) is 0. The van der Waals surface area contributed by atoms with Crippen molar-refractivity contribution >= 4 is 16.9 Å². The van der Waals surface area contributed by atoms with Crippen molar-refractivity contribution < 1.29 is 18.7 Å². The van der Waals surface area contributed by atoms with Crippen molar-refractivity contribution in [1.82, 2.24) is 0 Å². The first kappa shape index (κ1) is 18.1. The van der Waals surface area contributed by atoms with Gasteiger partial charge in [0.05, 0.1) is 16.9 Å². The van der Waals surface area contributed by atoms with E-state index in [4.69, 9.17) is 25.4 Å². The third-order valence-corrected chi connectivity index (χ3v) is 4.57. The lowest BCUT2D eigenvalue weighted by Crippen LogP contribution is -2.26. The van der Waals surface area contributed by atoms with Gasteiger partial charge in [-0.25, -0.2) is 4.79 Å². The summed E-state index contributed by atoms with van der Waals surface area (Å²) in [5.41, 5.74) is 11.7. The molecule has 0 aliphatic carbocycles. The normalized spacial score (nSPS) is 15.3. The molecule has 1 aliphatic rings. The standard InChI is InChI=1S/C21H15N3O5/c22-9-14-17(11-5-7-12(8-6-11)27-10-16(23)25)18-19(29-20(14)24)13-3-1-2-4-15(13)28-21(18)26/h1-8,17H,10,24H2,(H2,23,25). The minimum atomic E-state index is -0.769. The summed E-state index contributed by atoms with van der Waals surface area (Å²) in [6, 6.07) is 15.5. The first-order valence-corrected chi connectivity index (χ1v) is 8.64. The second-order valence-corrected chi connectivity index (χ2v) is 6.38. The van der Waals surface area contributed by atoms with Gasteiger partial charge in [-0.05, 0) is 29.8 Å². The number of nitrogens with two attached hydrogens (primary N) is 2. The lowest BCUT2D eigenvalue weighted by Gasteiger charge is -2.26. The molecule has 0 saturated heterocycles. The average molecular weight is 389 g/mol. The van der Waals surface area contributed by atoms with Crippen molar-refractivity contribution in [2.24, 2.45) is 11.5 Å². The largest absolute Gasteiger partial charge is 0.484 e.